The highest BCUT2D eigenvalue weighted by Gasteiger charge is 2.36. The molecular weight excluding hydrogens is 512 g/mol. The average Bonchev–Trinajstić information content (AvgIpc) is 3.32. The summed E-state index contributed by atoms with van der Waals surface area (Å²) in [6, 6.07) is 15.6. The van der Waals surface area contributed by atoms with Crippen molar-refractivity contribution in [3.8, 4) is 0 Å². The summed E-state index contributed by atoms with van der Waals surface area (Å²) in [5, 5.41) is 3.84. The van der Waals surface area contributed by atoms with E-state index in [0.29, 0.717) is 23.7 Å². The quantitative estimate of drug-likeness (QED) is 0.268. The van der Waals surface area contributed by atoms with Crippen molar-refractivity contribution in [1.29, 1.82) is 0 Å². The molecule has 0 aliphatic rings. The van der Waals surface area contributed by atoms with Crippen LogP contribution in [0.1, 0.15) is 64.5 Å². The van der Waals surface area contributed by atoms with Crippen LogP contribution in [0, 0.1) is 5.92 Å². The van der Waals surface area contributed by atoms with Crippen molar-refractivity contribution in [3.05, 3.63) is 82.5 Å². The molecule has 39 heavy (non-hydrogen) atoms. The molecule has 3 amide bonds. The first-order valence-corrected chi connectivity index (χ1v) is 13.6. The van der Waals surface area contributed by atoms with Crippen LogP contribution >= 0.6 is 11.5 Å². The second kappa shape index (κ2) is 12.0. The van der Waals surface area contributed by atoms with Crippen molar-refractivity contribution in [2.45, 2.75) is 39.7 Å². The molecule has 0 bridgehead atoms. The van der Waals surface area contributed by atoms with Crippen LogP contribution in [0.3, 0.4) is 0 Å². The zero-order valence-electron chi connectivity index (χ0n) is 22.2. The van der Waals surface area contributed by atoms with Gasteiger partial charge in [0.1, 0.15) is 10.9 Å². The number of fused-ring (bicyclic) bond motifs is 1. The Morgan fingerprint density at radius 1 is 1.08 bits per heavy atom. The van der Waals surface area contributed by atoms with Crippen LogP contribution in [0.15, 0.2) is 60.8 Å². The molecule has 202 valence electrons. The van der Waals surface area contributed by atoms with Gasteiger partial charge in [-0.1, -0.05) is 45.0 Å². The van der Waals surface area contributed by atoms with Crippen molar-refractivity contribution in [1.82, 2.24) is 14.7 Å². The monoisotopic (exact) mass is 544 g/mol. The molecule has 0 aliphatic heterocycles. The minimum atomic E-state index is -1.04. The topological polar surface area (TPSA) is 144 Å². The molecule has 0 spiro atoms. The highest BCUT2D eigenvalue weighted by atomic mass is 32.1. The van der Waals surface area contributed by atoms with Crippen molar-refractivity contribution in [2.24, 2.45) is 11.7 Å². The van der Waals surface area contributed by atoms with E-state index < -0.39 is 17.9 Å². The number of benzene rings is 2. The zero-order chi connectivity index (χ0) is 28.1. The summed E-state index contributed by atoms with van der Waals surface area (Å²) < 4.78 is 4.01. The molecule has 4 aromatic rings. The highest BCUT2D eigenvalue weighted by molar-refractivity contribution is 7.09. The lowest BCUT2D eigenvalue weighted by Crippen LogP contribution is -2.44. The molecule has 4 rings (SSSR count). The molecule has 1 atom stereocenters. The van der Waals surface area contributed by atoms with Crippen molar-refractivity contribution in [3.63, 3.8) is 0 Å². The van der Waals surface area contributed by atoms with E-state index in [0.717, 1.165) is 40.8 Å². The van der Waals surface area contributed by atoms with E-state index in [-0.39, 0.29) is 22.2 Å². The van der Waals surface area contributed by atoms with Crippen LogP contribution in [0.2, 0.25) is 0 Å². The van der Waals surface area contributed by atoms with Gasteiger partial charge in [0.05, 0.1) is 11.2 Å². The standard InChI is InChI=1S/C29H32N6O3S/c1-4-18-7-10-21(11-8-18)35(29(38)26-23(30)24(27(31)36)34-39-26)25(28(37)33-15-13-17(2)3)20-9-12-22-19(16-20)6-5-14-32-22/h5-12,14,16-17,25H,4,13,15,30H2,1-3H3,(H2,31,36)(H,33,37)/t25-/m1/s1. The van der Waals surface area contributed by atoms with Crippen LogP contribution in [0.4, 0.5) is 11.4 Å². The molecule has 0 saturated heterocycles. The number of carbonyl (C=O) groups excluding carboxylic acids is 3. The Bertz CT molecular complexity index is 1500. The first-order chi connectivity index (χ1) is 18.7. The van der Waals surface area contributed by atoms with Gasteiger partial charge in [-0.3, -0.25) is 24.3 Å². The Kier molecular flexibility index (Phi) is 8.55. The van der Waals surface area contributed by atoms with E-state index in [9.17, 15) is 14.4 Å². The lowest BCUT2D eigenvalue weighted by molar-refractivity contribution is -0.122. The third-order valence-corrected chi connectivity index (χ3v) is 7.32. The van der Waals surface area contributed by atoms with Gasteiger partial charge < -0.3 is 16.8 Å². The van der Waals surface area contributed by atoms with Gasteiger partial charge in [0.25, 0.3) is 11.8 Å². The fourth-order valence-corrected chi connectivity index (χ4v) is 5.02. The molecule has 2 aromatic carbocycles. The third-order valence-electron chi connectivity index (χ3n) is 6.47. The number of pyridine rings is 1. The second-order valence-electron chi connectivity index (χ2n) is 9.67. The third kappa shape index (κ3) is 6.06. The van der Waals surface area contributed by atoms with E-state index >= 15 is 0 Å². The molecule has 5 N–H and O–H groups in total. The van der Waals surface area contributed by atoms with Gasteiger partial charge in [-0.25, -0.2) is 0 Å². The number of amides is 3. The van der Waals surface area contributed by atoms with Crippen LogP contribution in [0.5, 0.6) is 0 Å². The van der Waals surface area contributed by atoms with Crippen molar-refractivity contribution < 1.29 is 14.4 Å². The molecule has 9 nitrogen and oxygen atoms in total. The number of nitrogens with two attached hydrogens (primary N) is 2. The van der Waals surface area contributed by atoms with Gasteiger partial charge in [0, 0.05) is 23.8 Å². The maximum Gasteiger partial charge on any atom is 0.273 e. The molecule has 10 heteroatoms. The van der Waals surface area contributed by atoms with Crippen molar-refractivity contribution >= 4 is 51.5 Å². The number of rotatable bonds is 10. The van der Waals surface area contributed by atoms with E-state index in [1.54, 1.807) is 24.4 Å². The normalized spacial score (nSPS) is 11.9. The molecule has 0 saturated carbocycles. The van der Waals surface area contributed by atoms with Crippen LogP contribution in [0.25, 0.3) is 10.9 Å². The number of nitrogen functional groups attached to an aromatic ring is 1. The van der Waals surface area contributed by atoms with Gasteiger partial charge in [0.15, 0.2) is 5.69 Å². The number of nitrogens with one attached hydrogen (secondary N) is 1. The van der Waals surface area contributed by atoms with Gasteiger partial charge >= 0.3 is 0 Å². The molecule has 2 aromatic heterocycles. The van der Waals surface area contributed by atoms with Crippen molar-refractivity contribution in [2.75, 3.05) is 17.2 Å². The Morgan fingerprint density at radius 3 is 2.46 bits per heavy atom. The molecule has 0 fully saturated rings. The molecule has 0 aliphatic carbocycles. The fourth-order valence-electron chi connectivity index (χ4n) is 4.28. The minimum Gasteiger partial charge on any atom is -0.395 e. The van der Waals surface area contributed by atoms with Crippen LogP contribution < -0.4 is 21.7 Å². The van der Waals surface area contributed by atoms with Gasteiger partial charge in [-0.2, -0.15) is 4.37 Å². The van der Waals surface area contributed by atoms with Gasteiger partial charge in [-0.15, -0.1) is 0 Å². The van der Waals surface area contributed by atoms with E-state index in [1.165, 1.54) is 4.90 Å². The number of hydrogen-bond donors (Lipinski definition) is 3. The van der Waals surface area contributed by atoms with Gasteiger partial charge in [0.2, 0.25) is 5.91 Å². The predicted molar refractivity (Wildman–Crippen MR) is 155 cm³/mol. The van der Waals surface area contributed by atoms with E-state index in [2.05, 4.69) is 28.5 Å². The number of carbonyl (C=O) groups is 3. The Balaban J connectivity index is 1.88. The van der Waals surface area contributed by atoms with Crippen LogP contribution in [-0.2, 0) is 11.2 Å². The molecule has 0 radical (unpaired) electrons. The van der Waals surface area contributed by atoms with E-state index in [4.69, 9.17) is 11.5 Å². The first-order valence-electron chi connectivity index (χ1n) is 12.8. The SMILES string of the molecule is CCc1ccc(N(C(=O)c2snc(C(N)=O)c2N)[C@@H](C(=O)NCCC(C)C)c2ccc3ncccc3c2)cc1. The maximum atomic E-state index is 14.2. The Hall–Kier alpha value is -4.31. The maximum absolute atomic E-state index is 14.2. The van der Waals surface area contributed by atoms with Gasteiger partial charge in [-0.05, 0) is 71.8 Å². The van der Waals surface area contributed by atoms with Crippen LogP contribution in [-0.4, -0.2) is 33.6 Å². The average molecular weight is 545 g/mol. The molecule has 0 unspecified atom stereocenters. The largest absolute Gasteiger partial charge is 0.395 e. The lowest BCUT2D eigenvalue weighted by Gasteiger charge is -2.31. The summed E-state index contributed by atoms with van der Waals surface area (Å²) in [5.41, 5.74) is 14.2. The number of aromatic nitrogens is 2. The predicted octanol–water partition coefficient (Wildman–Crippen LogP) is 4.49. The Morgan fingerprint density at radius 2 is 1.82 bits per heavy atom. The Labute approximate surface area is 231 Å². The number of nitrogens with zero attached hydrogens (tertiary/aromatic N) is 3. The van der Waals surface area contributed by atoms with E-state index in [1.807, 2.05) is 43.3 Å². The number of aryl methyl sites for hydroxylation is 1. The number of hydrogen-bond acceptors (Lipinski definition) is 7. The summed E-state index contributed by atoms with van der Waals surface area (Å²) in [5.74, 6) is -1.34. The highest BCUT2D eigenvalue weighted by Crippen LogP contribution is 2.34. The summed E-state index contributed by atoms with van der Waals surface area (Å²) >= 11 is 0.783. The smallest absolute Gasteiger partial charge is 0.273 e. The molecule has 2 heterocycles. The summed E-state index contributed by atoms with van der Waals surface area (Å²) in [4.78, 5) is 45.7. The molecular formula is C29H32N6O3S. The summed E-state index contributed by atoms with van der Waals surface area (Å²) in [7, 11) is 0. The number of anilines is 2. The zero-order valence-corrected chi connectivity index (χ0v) is 23.0. The lowest BCUT2D eigenvalue weighted by atomic mass is 9.99. The summed E-state index contributed by atoms with van der Waals surface area (Å²) in [6.07, 6.45) is 3.30. The first kappa shape index (κ1) is 27.7. The second-order valence-corrected chi connectivity index (χ2v) is 10.4. The summed E-state index contributed by atoms with van der Waals surface area (Å²) in [6.45, 7) is 6.64. The fraction of sp³-hybridized carbons (Fsp3) is 0.276. The minimum absolute atomic E-state index is 0.0332. The number of primary amides is 1.